The molecule has 1 amide bonds. The Hall–Kier alpha value is -1.40. The van der Waals surface area contributed by atoms with Crippen LogP contribution in [0.15, 0.2) is 10.8 Å². The smallest absolute Gasteiger partial charge is 0.276 e. The van der Waals surface area contributed by atoms with Crippen LogP contribution in [-0.4, -0.2) is 66.1 Å². The molecule has 1 aromatic heterocycles. The summed E-state index contributed by atoms with van der Waals surface area (Å²) in [5.74, 6) is 1.32. The monoisotopic (exact) mass is 307 g/mol. The normalized spacial score (nSPS) is 26.8. The highest BCUT2D eigenvalue weighted by Gasteiger charge is 2.38. The lowest BCUT2D eigenvalue weighted by Gasteiger charge is -2.33. The molecule has 2 aliphatic heterocycles. The Morgan fingerprint density at radius 1 is 1.32 bits per heavy atom. The Morgan fingerprint density at radius 3 is 2.73 bits per heavy atom. The van der Waals surface area contributed by atoms with Crippen molar-refractivity contribution >= 4 is 5.91 Å². The van der Waals surface area contributed by atoms with Gasteiger partial charge >= 0.3 is 0 Å². The fourth-order valence-electron chi connectivity index (χ4n) is 3.48. The number of ether oxygens (including phenoxy) is 1. The number of nitrogens with zero attached hydrogens (tertiary/aromatic N) is 3. The molecular formula is C16H25N3O3. The molecule has 22 heavy (non-hydrogen) atoms. The molecule has 2 atom stereocenters. The van der Waals surface area contributed by atoms with E-state index in [1.807, 2.05) is 18.7 Å². The summed E-state index contributed by atoms with van der Waals surface area (Å²) >= 11 is 0. The van der Waals surface area contributed by atoms with Crippen molar-refractivity contribution in [3.8, 4) is 0 Å². The molecule has 0 radical (unpaired) electrons. The van der Waals surface area contributed by atoms with E-state index < -0.39 is 0 Å². The molecule has 0 bridgehead atoms. The van der Waals surface area contributed by atoms with Crippen LogP contribution >= 0.6 is 0 Å². The fraction of sp³-hybridized carbons (Fsp3) is 0.750. The zero-order valence-corrected chi connectivity index (χ0v) is 13.6. The number of carbonyl (C=O) groups excluding carboxylic acids is 1. The highest BCUT2D eigenvalue weighted by Crippen LogP contribution is 2.26. The molecule has 6 heteroatoms. The summed E-state index contributed by atoms with van der Waals surface area (Å²) < 4.78 is 10.8. The van der Waals surface area contributed by atoms with Gasteiger partial charge in [-0.05, 0) is 5.92 Å². The second kappa shape index (κ2) is 6.38. The highest BCUT2D eigenvalue weighted by molar-refractivity contribution is 5.93. The number of aromatic nitrogens is 1. The minimum absolute atomic E-state index is 0.0000550. The van der Waals surface area contributed by atoms with Crippen molar-refractivity contribution in [2.24, 2.45) is 5.92 Å². The molecule has 0 unspecified atom stereocenters. The third-order valence-electron chi connectivity index (χ3n) is 4.70. The number of morpholine rings is 1. The lowest BCUT2D eigenvalue weighted by molar-refractivity contribution is 0.0119. The number of likely N-dealkylation sites (tertiary alicyclic amines) is 1. The van der Waals surface area contributed by atoms with Gasteiger partial charge in [-0.3, -0.25) is 9.69 Å². The Morgan fingerprint density at radius 2 is 2.05 bits per heavy atom. The van der Waals surface area contributed by atoms with Crippen LogP contribution in [0.4, 0.5) is 0 Å². The molecule has 0 N–H and O–H groups in total. The summed E-state index contributed by atoms with van der Waals surface area (Å²) in [4.78, 5) is 21.3. The van der Waals surface area contributed by atoms with Crippen molar-refractivity contribution in [2.75, 3.05) is 39.4 Å². The molecule has 2 saturated heterocycles. The van der Waals surface area contributed by atoms with Crippen LogP contribution in [-0.2, 0) is 4.74 Å². The number of amides is 1. The summed E-state index contributed by atoms with van der Waals surface area (Å²) in [5, 5.41) is 0. The first-order chi connectivity index (χ1) is 10.6. The average Bonchev–Trinajstić information content (AvgIpc) is 3.14. The number of carbonyl (C=O) groups is 1. The maximum Gasteiger partial charge on any atom is 0.276 e. The number of oxazole rings is 1. The van der Waals surface area contributed by atoms with Crippen LogP contribution in [0.1, 0.15) is 42.9 Å². The molecule has 2 fully saturated rings. The topological polar surface area (TPSA) is 58.8 Å². The van der Waals surface area contributed by atoms with Gasteiger partial charge in [-0.15, -0.1) is 0 Å². The van der Waals surface area contributed by atoms with E-state index in [1.165, 1.54) is 6.39 Å². The maximum absolute atomic E-state index is 12.8. The molecule has 0 aliphatic carbocycles. The minimum atomic E-state index is 0.0000550. The lowest BCUT2D eigenvalue weighted by Crippen LogP contribution is -2.47. The SMILES string of the molecule is CC(C)c1ocnc1C(=O)N1C[C@H](C)[C@@H](N2CCOCC2)C1. The fourth-order valence-corrected chi connectivity index (χ4v) is 3.48. The first-order valence-electron chi connectivity index (χ1n) is 8.12. The second-order valence-electron chi connectivity index (χ2n) is 6.62. The van der Waals surface area contributed by atoms with E-state index >= 15 is 0 Å². The van der Waals surface area contributed by atoms with E-state index in [-0.39, 0.29) is 11.8 Å². The third-order valence-corrected chi connectivity index (χ3v) is 4.70. The first kappa shape index (κ1) is 15.5. The second-order valence-corrected chi connectivity index (χ2v) is 6.62. The van der Waals surface area contributed by atoms with Crippen LogP contribution in [0.5, 0.6) is 0 Å². The summed E-state index contributed by atoms with van der Waals surface area (Å²) in [7, 11) is 0. The van der Waals surface area contributed by atoms with Crippen molar-refractivity contribution in [3.05, 3.63) is 17.8 Å². The molecule has 2 aliphatic rings. The molecule has 0 spiro atoms. The van der Waals surface area contributed by atoms with Crippen LogP contribution in [0.2, 0.25) is 0 Å². The van der Waals surface area contributed by atoms with Gasteiger partial charge < -0.3 is 14.1 Å². The zero-order valence-electron chi connectivity index (χ0n) is 13.6. The summed E-state index contributed by atoms with van der Waals surface area (Å²) in [6, 6.07) is 0.419. The Balaban J connectivity index is 1.70. The van der Waals surface area contributed by atoms with E-state index in [1.54, 1.807) is 0 Å². The molecule has 1 aromatic rings. The van der Waals surface area contributed by atoms with E-state index in [4.69, 9.17) is 9.15 Å². The highest BCUT2D eigenvalue weighted by atomic mass is 16.5. The lowest BCUT2D eigenvalue weighted by atomic mass is 10.0. The van der Waals surface area contributed by atoms with Gasteiger partial charge in [0.2, 0.25) is 0 Å². The standard InChI is InChI=1S/C16H25N3O3/c1-11(2)15-14(17-10-22-15)16(20)19-8-12(3)13(9-19)18-4-6-21-7-5-18/h10-13H,4-9H2,1-3H3/t12-,13-/m0/s1. The summed E-state index contributed by atoms with van der Waals surface area (Å²) in [6.45, 7) is 11.3. The van der Waals surface area contributed by atoms with Crippen molar-refractivity contribution in [3.63, 3.8) is 0 Å². The Bertz CT molecular complexity index is 522. The number of hydrogen-bond donors (Lipinski definition) is 0. The van der Waals surface area contributed by atoms with Crippen molar-refractivity contribution in [1.82, 2.24) is 14.8 Å². The average molecular weight is 307 g/mol. The molecule has 3 rings (SSSR count). The van der Waals surface area contributed by atoms with E-state index in [9.17, 15) is 4.79 Å². The number of hydrogen-bond acceptors (Lipinski definition) is 5. The van der Waals surface area contributed by atoms with Gasteiger partial charge in [-0.2, -0.15) is 0 Å². The van der Waals surface area contributed by atoms with E-state index in [0.717, 1.165) is 39.4 Å². The van der Waals surface area contributed by atoms with Crippen molar-refractivity contribution < 1.29 is 13.9 Å². The number of rotatable bonds is 3. The Labute approximate surface area is 131 Å². The molecule has 3 heterocycles. The van der Waals surface area contributed by atoms with Gasteiger partial charge in [0.15, 0.2) is 12.1 Å². The van der Waals surface area contributed by atoms with E-state index in [2.05, 4.69) is 16.8 Å². The van der Waals surface area contributed by atoms with Gasteiger partial charge in [0.1, 0.15) is 5.76 Å². The molecule has 0 saturated carbocycles. The van der Waals surface area contributed by atoms with Gasteiger partial charge in [0.25, 0.3) is 5.91 Å². The largest absolute Gasteiger partial charge is 0.447 e. The van der Waals surface area contributed by atoms with Crippen molar-refractivity contribution in [1.29, 1.82) is 0 Å². The molecule has 0 aromatic carbocycles. The summed E-state index contributed by atoms with van der Waals surface area (Å²) in [6.07, 6.45) is 1.38. The maximum atomic E-state index is 12.8. The van der Waals surface area contributed by atoms with Crippen LogP contribution in [0.25, 0.3) is 0 Å². The Kier molecular flexibility index (Phi) is 4.49. The van der Waals surface area contributed by atoms with Gasteiger partial charge in [0.05, 0.1) is 13.2 Å². The quantitative estimate of drug-likeness (QED) is 0.849. The first-order valence-corrected chi connectivity index (χ1v) is 8.12. The molecule has 122 valence electrons. The zero-order chi connectivity index (χ0) is 15.7. The van der Waals surface area contributed by atoms with Crippen LogP contribution in [0, 0.1) is 5.92 Å². The predicted octanol–water partition coefficient (Wildman–Crippen LogP) is 1.59. The molecular weight excluding hydrogens is 282 g/mol. The van der Waals surface area contributed by atoms with Crippen LogP contribution in [0.3, 0.4) is 0 Å². The minimum Gasteiger partial charge on any atom is -0.447 e. The van der Waals surface area contributed by atoms with Crippen LogP contribution < -0.4 is 0 Å². The van der Waals surface area contributed by atoms with Crippen molar-refractivity contribution in [2.45, 2.75) is 32.7 Å². The molecule has 6 nitrogen and oxygen atoms in total. The summed E-state index contributed by atoms with van der Waals surface area (Å²) in [5.41, 5.74) is 0.477. The predicted molar refractivity (Wildman–Crippen MR) is 81.8 cm³/mol. The van der Waals surface area contributed by atoms with Gasteiger partial charge in [0, 0.05) is 38.1 Å². The third kappa shape index (κ3) is 2.90. The van der Waals surface area contributed by atoms with Gasteiger partial charge in [-0.25, -0.2) is 4.98 Å². The van der Waals surface area contributed by atoms with Gasteiger partial charge in [-0.1, -0.05) is 20.8 Å². The van der Waals surface area contributed by atoms with E-state index in [0.29, 0.717) is 23.4 Å².